The summed E-state index contributed by atoms with van der Waals surface area (Å²) < 4.78 is 13.4. The van der Waals surface area contributed by atoms with Crippen LogP contribution in [0.5, 0.6) is 0 Å². The number of carbonyl (C=O) groups excluding carboxylic acids is 1. The molecule has 21 heavy (non-hydrogen) atoms. The van der Waals surface area contributed by atoms with Gasteiger partial charge in [0.05, 0.1) is 6.54 Å². The number of rotatable bonds is 4. The predicted octanol–water partition coefficient (Wildman–Crippen LogP) is 2.17. The summed E-state index contributed by atoms with van der Waals surface area (Å²) in [6.45, 7) is 4.49. The first-order chi connectivity index (χ1) is 9.58. The average Bonchev–Trinajstić information content (AvgIpc) is 2.43. The molecule has 0 aliphatic carbocycles. The molecule has 118 valence electrons. The molecule has 2 rings (SSSR count). The monoisotopic (exact) mass is 315 g/mol. The Morgan fingerprint density at radius 3 is 2.95 bits per heavy atom. The third-order valence-electron chi connectivity index (χ3n) is 3.76. The van der Waals surface area contributed by atoms with Crippen LogP contribution in [0, 0.1) is 18.7 Å². The van der Waals surface area contributed by atoms with Gasteiger partial charge in [0.1, 0.15) is 5.82 Å². The van der Waals surface area contributed by atoms with Crippen LogP contribution in [0.1, 0.15) is 18.4 Å². The minimum absolute atomic E-state index is 0. The van der Waals surface area contributed by atoms with E-state index in [2.05, 4.69) is 10.2 Å². The number of aryl methyl sites for hydroxylation is 1. The van der Waals surface area contributed by atoms with Crippen LogP contribution in [-0.2, 0) is 4.79 Å². The number of carbonyl (C=O) groups is 1. The molecule has 0 spiro atoms. The minimum atomic E-state index is -0.302. The van der Waals surface area contributed by atoms with Gasteiger partial charge in [-0.3, -0.25) is 9.69 Å². The molecule has 0 saturated carbocycles. The van der Waals surface area contributed by atoms with E-state index >= 15 is 0 Å². The van der Waals surface area contributed by atoms with E-state index in [9.17, 15) is 9.18 Å². The highest BCUT2D eigenvalue weighted by Gasteiger charge is 2.20. The van der Waals surface area contributed by atoms with Gasteiger partial charge in [-0.2, -0.15) is 0 Å². The molecule has 0 aromatic heterocycles. The Hall–Kier alpha value is -1.17. The van der Waals surface area contributed by atoms with Crippen LogP contribution in [0.4, 0.5) is 10.1 Å². The standard InChI is InChI=1S/C15H22FN3O.ClH/c1-11-4-5-13(7-14(11)16)18-15(20)10-19-6-2-3-12(8-17)9-19;/h4-5,7,12H,2-3,6,8-10,17H2,1H3,(H,18,20);1H. The number of likely N-dealkylation sites (tertiary alicyclic amines) is 1. The van der Waals surface area contributed by atoms with E-state index in [1.165, 1.54) is 6.07 Å². The Morgan fingerprint density at radius 2 is 2.29 bits per heavy atom. The van der Waals surface area contributed by atoms with Crippen LogP contribution in [-0.4, -0.2) is 37.0 Å². The van der Waals surface area contributed by atoms with Crippen molar-refractivity contribution in [2.24, 2.45) is 11.7 Å². The fraction of sp³-hybridized carbons (Fsp3) is 0.533. The topological polar surface area (TPSA) is 58.4 Å². The number of benzene rings is 1. The molecule has 1 saturated heterocycles. The molecule has 0 radical (unpaired) electrons. The van der Waals surface area contributed by atoms with Crippen molar-refractivity contribution in [2.75, 3.05) is 31.5 Å². The summed E-state index contributed by atoms with van der Waals surface area (Å²) in [6, 6.07) is 4.73. The smallest absolute Gasteiger partial charge is 0.238 e. The molecule has 1 amide bonds. The number of hydrogen-bond donors (Lipinski definition) is 2. The highest BCUT2D eigenvalue weighted by atomic mass is 35.5. The molecular weight excluding hydrogens is 293 g/mol. The predicted molar refractivity (Wildman–Crippen MR) is 85.2 cm³/mol. The normalized spacial score (nSPS) is 18.9. The lowest BCUT2D eigenvalue weighted by molar-refractivity contribution is -0.117. The lowest BCUT2D eigenvalue weighted by Gasteiger charge is -2.31. The third kappa shape index (κ3) is 5.26. The number of halogens is 2. The first kappa shape index (κ1) is 17.9. The van der Waals surface area contributed by atoms with E-state index in [-0.39, 0.29) is 24.1 Å². The lowest BCUT2D eigenvalue weighted by Crippen LogP contribution is -2.42. The Bertz CT molecular complexity index is 484. The van der Waals surface area contributed by atoms with Gasteiger partial charge in [-0.25, -0.2) is 4.39 Å². The minimum Gasteiger partial charge on any atom is -0.330 e. The first-order valence-corrected chi connectivity index (χ1v) is 7.07. The molecule has 1 fully saturated rings. The Labute approximate surface area is 131 Å². The number of piperidine rings is 1. The summed E-state index contributed by atoms with van der Waals surface area (Å²) >= 11 is 0. The van der Waals surface area contributed by atoms with Crippen molar-refractivity contribution in [3.63, 3.8) is 0 Å². The van der Waals surface area contributed by atoms with E-state index in [1.807, 2.05) is 0 Å². The van der Waals surface area contributed by atoms with Crippen molar-refractivity contribution in [1.82, 2.24) is 4.90 Å². The van der Waals surface area contributed by atoms with Crippen LogP contribution in [0.25, 0.3) is 0 Å². The number of nitrogens with one attached hydrogen (secondary N) is 1. The van der Waals surface area contributed by atoms with Crippen LogP contribution < -0.4 is 11.1 Å². The van der Waals surface area contributed by atoms with Crippen molar-refractivity contribution < 1.29 is 9.18 Å². The van der Waals surface area contributed by atoms with Crippen LogP contribution >= 0.6 is 12.4 Å². The van der Waals surface area contributed by atoms with Gasteiger partial charge in [0, 0.05) is 12.2 Å². The van der Waals surface area contributed by atoms with Gasteiger partial charge in [0.15, 0.2) is 0 Å². The van der Waals surface area contributed by atoms with Crippen molar-refractivity contribution in [3.05, 3.63) is 29.6 Å². The number of nitrogens with zero attached hydrogens (tertiary/aromatic N) is 1. The number of nitrogens with two attached hydrogens (primary N) is 1. The zero-order chi connectivity index (χ0) is 14.5. The van der Waals surface area contributed by atoms with Crippen LogP contribution in [0.15, 0.2) is 18.2 Å². The summed E-state index contributed by atoms with van der Waals surface area (Å²) in [6.07, 6.45) is 2.21. The van der Waals surface area contributed by atoms with E-state index in [1.54, 1.807) is 19.1 Å². The highest BCUT2D eigenvalue weighted by Crippen LogP contribution is 2.16. The molecule has 1 unspecified atom stereocenters. The molecule has 6 heteroatoms. The molecular formula is C15H23ClFN3O. The SMILES string of the molecule is Cc1ccc(NC(=O)CN2CCCC(CN)C2)cc1F.Cl. The lowest BCUT2D eigenvalue weighted by atomic mass is 9.98. The third-order valence-corrected chi connectivity index (χ3v) is 3.76. The maximum Gasteiger partial charge on any atom is 0.238 e. The summed E-state index contributed by atoms with van der Waals surface area (Å²) in [5.74, 6) is 0.0725. The first-order valence-electron chi connectivity index (χ1n) is 7.07. The summed E-state index contributed by atoms with van der Waals surface area (Å²) in [4.78, 5) is 14.1. The van der Waals surface area contributed by atoms with Gasteiger partial charge in [0.2, 0.25) is 5.91 Å². The van der Waals surface area contributed by atoms with Crippen molar-refractivity contribution >= 4 is 24.0 Å². The second-order valence-electron chi connectivity index (χ2n) is 5.49. The van der Waals surface area contributed by atoms with Crippen molar-refractivity contribution in [3.8, 4) is 0 Å². The molecule has 3 N–H and O–H groups in total. The quantitative estimate of drug-likeness (QED) is 0.895. The summed E-state index contributed by atoms with van der Waals surface area (Å²) in [5, 5.41) is 2.74. The fourth-order valence-corrected chi connectivity index (χ4v) is 2.56. The zero-order valence-electron chi connectivity index (χ0n) is 12.3. The van der Waals surface area contributed by atoms with Gasteiger partial charge < -0.3 is 11.1 Å². The van der Waals surface area contributed by atoms with Gasteiger partial charge in [0.25, 0.3) is 0 Å². The molecule has 1 aliphatic rings. The van der Waals surface area contributed by atoms with Crippen molar-refractivity contribution in [1.29, 1.82) is 0 Å². The fourth-order valence-electron chi connectivity index (χ4n) is 2.56. The second kappa shape index (κ2) is 8.32. The van der Waals surface area contributed by atoms with Gasteiger partial charge in [-0.05, 0) is 56.5 Å². The largest absolute Gasteiger partial charge is 0.330 e. The van der Waals surface area contributed by atoms with Crippen LogP contribution in [0.2, 0.25) is 0 Å². The van der Waals surface area contributed by atoms with E-state index in [0.717, 1.165) is 25.9 Å². The molecule has 4 nitrogen and oxygen atoms in total. The van der Waals surface area contributed by atoms with Gasteiger partial charge in [-0.15, -0.1) is 12.4 Å². The Morgan fingerprint density at radius 1 is 1.52 bits per heavy atom. The zero-order valence-corrected chi connectivity index (χ0v) is 13.1. The average molecular weight is 316 g/mol. The number of hydrogen-bond acceptors (Lipinski definition) is 3. The van der Waals surface area contributed by atoms with E-state index in [0.29, 0.717) is 30.3 Å². The molecule has 1 aromatic carbocycles. The number of anilines is 1. The summed E-state index contributed by atoms with van der Waals surface area (Å²) in [5.41, 5.74) is 6.76. The molecule has 1 heterocycles. The molecule has 1 aromatic rings. The van der Waals surface area contributed by atoms with Gasteiger partial charge >= 0.3 is 0 Å². The second-order valence-corrected chi connectivity index (χ2v) is 5.49. The maximum absolute atomic E-state index is 13.4. The van der Waals surface area contributed by atoms with Crippen LogP contribution in [0.3, 0.4) is 0 Å². The number of amides is 1. The highest BCUT2D eigenvalue weighted by molar-refractivity contribution is 5.92. The van der Waals surface area contributed by atoms with Gasteiger partial charge in [-0.1, -0.05) is 6.07 Å². The maximum atomic E-state index is 13.4. The Kier molecular flexibility index (Phi) is 7.08. The molecule has 1 atom stereocenters. The van der Waals surface area contributed by atoms with Crippen molar-refractivity contribution in [2.45, 2.75) is 19.8 Å². The molecule has 0 bridgehead atoms. The van der Waals surface area contributed by atoms with E-state index < -0.39 is 0 Å². The molecule has 1 aliphatic heterocycles. The Balaban J connectivity index is 0.00000220. The van der Waals surface area contributed by atoms with E-state index in [4.69, 9.17) is 5.73 Å². The summed E-state index contributed by atoms with van der Waals surface area (Å²) in [7, 11) is 0.